The zero-order chi connectivity index (χ0) is 16.5. The van der Waals surface area contributed by atoms with E-state index in [0.29, 0.717) is 6.42 Å². The number of hydrogen-bond donors (Lipinski definition) is 0. The molecule has 0 amide bonds. The van der Waals surface area contributed by atoms with Gasteiger partial charge in [-0.25, -0.2) is 4.79 Å². The molecule has 21 heavy (non-hydrogen) atoms. The Hall–Kier alpha value is -0.873. The molecule has 0 saturated carbocycles. The van der Waals surface area contributed by atoms with Crippen LogP contribution in [0, 0.1) is 0 Å². The molecule has 0 aromatic rings. The summed E-state index contributed by atoms with van der Waals surface area (Å²) in [6.07, 6.45) is 6.39. The lowest BCUT2D eigenvalue weighted by molar-refractivity contribution is -0.143. The summed E-state index contributed by atoms with van der Waals surface area (Å²) in [5.41, 5.74) is 0. The highest BCUT2D eigenvalue weighted by molar-refractivity contribution is 6.74. The van der Waals surface area contributed by atoms with E-state index in [1.807, 2.05) is 0 Å². The molecule has 0 fully saturated rings. The van der Waals surface area contributed by atoms with Gasteiger partial charge in [0, 0.05) is 19.1 Å². The third-order valence-electron chi connectivity index (χ3n) is 4.07. The van der Waals surface area contributed by atoms with Crippen molar-refractivity contribution in [1.29, 1.82) is 0 Å². The Morgan fingerprint density at radius 2 is 1.86 bits per heavy atom. The molecular formula is C17H32O3Si. The van der Waals surface area contributed by atoms with Crippen LogP contribution in [0.25, 0.3) is 0 Å². The molecule has 0 aliphatic heterocycles. The van der Waals surface area contributed by atoms with Gasteiger partial charge >= 0.3 is 5.97 Å². The van der Waals surface area contributed by atoms with Crippen molar-refractivity contribution in [3.8, 4) is 0 Å². The average molecular weight is 313 g/mol. The molecule has 0 spiro atoms. The lowest BCUT2D eigenvalue weighted by Crippen LogP contribution is -2.40. The molecule has 4 heteroatoms. The number of unbranched alkanes of at least 4 members (excludes halogenated alkanes) is 1. The fourth-order valence-electron chi connectivity index (χ4n) is 1.64. The Morgan fingerprint density at radius 3 is 2.33 bits per heavy atom. The minimum Gasteiger partial charge on any atom is -0.459 e. The molecule has 0 aromatic carbocycles. The van der Waals surface area contributed by atoms with Crippen LogP contribution in [0.2, 0.25) is 18.1 Å². The Morgan fingerprint density at radius 1 is 1.24 bits per heavy atom. The lowest BCUT2D eigenvalue weighted by Gasteiger charge is -2.36. The normalized spacial score (nSPS) is 13.6. The molecular weight excluding hydrogens is 280 g/mol. The van der Waals surface area contributed by atoms with E-state index in [1.165, 1.54) is 6.08 Å². The molecule has 122 valence electrons. The van der Waals surface area contributed by atoms with Crippen LogP contribution in [-0.4, -0.2) is 27.0 Å². The Bertz CT molecular complexity index is 342. The summed E-state index contributed by atoms with van der Waals surface area (Å²) in [7, 11) is -1.64. The molecule has 0 bridgehead atoms. The summed E-state index contributed by atoms with van der Waals surface area (Å²) in [5, 5.41) is 0.248. The van der Waals surface area contributed by atoms with E-state index < -0.39 is 8.32 Å². The fourth-order valence-corrected chi connectivity index (χ4v) is 2.73. The number of carbonyl (C=O) groups is 1. The van der Waals surface area contributed by atoms with E-state index in [4.69, 9.17) is 9.16 Å². The predicted molar refractivity (Wildman–Crippen MR) is 91.9 cm³/mol. The van der Waals surface area contributed by atoms with Crippen LogP contribution in [0.4, 0.5) is 0 Å². The highest BCUT2D eigenvalue weighted by Gasteiger charge is 2.36. The molecule has 0 heterocycles. The smallest absolute Gasteiger partial charge is 0.330 e. The summed E-state index contributed by atoms with van der Waals surface area (Å²) in [5.74, 6) is -0.362. The maximum absolute atomic E-state index is 11.2. The quantitative estimate of drug-likeness (QED) is 0.190. The molecule has 1 atom stereocenters. The zero-order valence-corrected chi connectivity index (χ0v) is 15.4. The van der Waals surface area contributed by atoms with Crippen molar-refractivity contribution in [2.24, 2.45) is 0 Å². The predicted octanol–water partition coefficient (Wildman–Crippen LogP) is 4.85. The number of esters is 1. The van der Waals surface area contributed by atoms with Crippen molar-refractivity contribution in [2.45, 2.75) is 70.7 Å². The fraction of sp³-hybridized carbons (Fsp3) is 0.706. The molecule has 0 saturated heterocycles. The van der Waals surface area contributed by atoms with Crippen LogP contribution >= 0.6 is 0 Å². The van der Waals surface area contributed by atoms with Crippen LogP contribution in [0.5, 0.6) is 0 Å². The van der Waals surface area contributed by atoms with E-state index in [2.05, 4.69) is 47.0 Å². The molecule has 0 radical (unpaired) electrons. The number of rotatable bonds is 10. The first-order valence-electron chi connectivity index (χ1n) is 7.72. The van der Waals surface area contributed by atoms with E-state index >= 15 is 0 Å². The van der Waals surface area contributed by atoms with Gasteiger partial charge in [0.2, 0.25) is 0 Å². The first kappa shape index (κ1) is 20.1. The van der Waals surface area contributed by atoms with Gasteiger partial charge in [0.05, 0.1) is 0 Å². The minimum absolute atomic E-state index is 0.0964. The standard InChI is InChI=1S/C17H32O3Si/c1-8-12-15(20-16(18)9-2)13-10-11-14-19-21(6,7)17(3,4)5/h8-9,15H,1-2,10-14H2,3-7H3/t15-/m1/s1. The van der Waals surface area contributed by atoms with Gasteiger partial charge in [-0.15, -0.1) is 6.58 Å². The monoisotopic (exact) mass is 312 g/mol. The molecule has 0 N–H and O–H groups in total. The summed E-state index contributed by atoms with van der Waals surface area (Å²) in [6.45, 7) is 19.2. The lowest BCUT2D eigenvalue weighted by atomic mass is 10.1. The van der Waals surface area contributed by atoms with Gasteiger partial charge < -0.3 is 9.16 Å². The van der Waals surface area contributed by atoms with Crippen molar-refractivity contribution in [3.05, 3.63) is 25.3 Å². The molecule has 0 aromatic heterocycles. The third kappa shape index (κ3) is 8.22. The van der Waals surface area contributed by atoms with Gasteiger partial charge in [0.25, 0.3) is 0 Å². The van der Waals surface area contributed by atoms with Gasteiger partial charge in [-0.2, -0.15) is 0 Å². The molecule has 3 nitrogen and oxygen atoms in total. The van der Waals surface area contributed by atoms with Crippen molar-refractivity contribution in [3.63, 3.8) is 0 Å². The number of hydrogen-bond acceptors (Lipinski definition) is 3. The second-order valence-electron chi connectivity index (χ2n) is 6.89. The minimum atomic E-state index is -1.64. The van der Waals surface area contributed by atoms with Gasteiger partial charge in [0.1, 0.15) is 6.10 Å². The van der Waals surface area contributed by atoms with Gasteiger partial charge in [0.15, 0.2) is 8.32 Å². The van der Waals surface area contributed by atoms with Crippen molar-refractivity contribution in [1.82, 2.24) is 0 Å². The SMILES string of the molecule is C=CC[C@H](CCCCO[Si](C)(C)C(C)(C)C)OC(=O)C=C. The average Bonchev–Trinajstić information content (AvgIpc) is 2.36. The Balaban J connectivity index is 4.03. The molecule has 0 unspecified atom stereocenters. The maximum Gasteiger partial charge on any atom is 0.330 e. The summed E-state index contributed by atoms with van der Waals surface area (Å²) < 4.78 is 11.4. The molecule has 0 aliphatic carbocycles. The Kier molecular flexibility index (Phi) is 8.82. The largest absolute Gasteiger partial charge is 0.459 e. The summed E-state index contributed by atoms with van der Waals surface area (Å²) >= 11 is 0. The van der Waals surface area contributed by atoms with Crippen LogP contribution in [0.15, 0.2) is 25.3 Å². The van der Waals surface area contributed by atoms with Gasteiger partial charge in [-0.3, -0.25) is 0 Å². The first-order chi connectivity index (χ1) is 9.64. The van der Waals surface area contributed by atoms with Gasteiger partial charge in [-0.1, -0.05) is 33.4 Å². The number of carbonyl (C=O) groups excluding carboxylic acids is 1. The zero-order valence-electron chi connectivity index (χ0n) is 14.4. The van der Waals surface area contributed by atoms with E-state index in [-0.39, 0.29) is 17.1 Å². The van der Waals surface area contributed by atoms with Crippen LogP contribution in [0.3, 0.4) is 0 Å². The summed E-state index contributed by atoms with van der Waals surface area (Å²) in [6, 6.07) is 0. The van der Waals surface area contributed by atoms with Gasteiger partial charge in [-0.05, 0) is 37.4 Å². The second kappa shape index (κ2) is 9.21. The maximum atomic E-state index is 11.2. The van der Waals surface area contributed by atoms with E-state index in [9.17, 15) is 4.79 Å². The van der Waals surface area contributed by atoms with Crippen molar-refractivity contribution in [2.75, 3.05) is 6.61 Å². The molecule has 0 rings (SSSR count). The highest BCUT2D eigenvalue weighted by atomic mass is 28.4. The van der Waals surface area contributed by atoms with Crippen LogP contribution in [-0.2, 0) is 14.0 Å². The first-order valence-corrected chi connectivity index (χ1v) is 10.6. The van der Waals surface area contributed by atoms with E-state index in [1.54, 1.807) is 6.08 Å². The summed E-state index contributed by atoms with van der Waals surface area (Å²) in [4.78, 5) is 11.2. The number of ether oxygens (including phenoxy) is 1. The highest BCUT2D eigenvalue weighted by Crippen LogP contribution is 2.36. The topological polar surface area (TPSA) is 35.5 Å². The van der Waals surface area contributed by atoms with Crippen molar-refractivity contribution < 1.29 is 14.0 Å². The second-order valence-corrected chi connectivity index (χ2v) is 11.7. The van der Waals surface area contributed by atoms with E-state index in [0.717, 1.165) is 25.9 Å². The Labute approximate surface area is 131 Å². The molecule has 0 aliphatic rings. The van der Waals surface area contributed by atoms with Crippen LogP contribution < -0.4 is 0 Å². The van der Waals surface area contributed by atoms with Crippen LogP contribution in [0.1, 0.15) is 46.5 Å². The van der Waals surface area contributed by atoms with Crippen molar-refractivity contribution >= 4 is 14.3 Å². The third-order valence-corrected chi connectivity index (χ3v) is 8.61.